The highest BCUT2D eigenvalue weighted by Crippen LogP contribution is 2.34. The number of hydrogen-bond donors (Lipinski definition) is 2. The molecule has 0 aromatic carbocycles. The lowest BCUT2D eigenvalue weighted by Gasteiger charge is -2.06. The molecule has 0 radical (unpaired) electrons. The van der Waals surface area contributed by atoms with Crippen molar-refractivity contribution in [1.82, 2.24) is 9.97 Å². The zero-order valence-electron chi connectivity index (χ0n) is 9.13. The van der Waals surface area contributed by atoms with Gasteiger partial charge in [-0.3, -0.25) is 10.1 Å². The summed E-state index contributed by atoms with van der Waals surface area (Å²) in [5.74, 6) is 5.75. The second-order valence-electron chi connectivity index (χ2n) is 3.86. The molecule has 0 saturated heterocycles. The summed E-state index contributed by atoms with van der Waals surface area (Å²) in [5, 5.41) is 10.9. The number of nitrogens with zero attached hydrogens (tertiary/aromatic N) is 3. The van der Waals surface area contributed by atoms with Gasteiger partial charge in [0.15, 0.2) is 0 Å². The third-order valence-electron chi connectivity index (χ3n) is 2.57. The SMILES string of the molecule is NNc1ncnc(OCCC2CC2)c1[N+](=O)[O-]. The molecule has 1 aliphatic carbocycles. The number of nitrogens with one attached hydrogen (secondary N) is 1. The van der Waals surface area contributed by atoms with Crippen LogP contribution < -0.4 is 16.0 Å². The number of hydrazine groups is 1. The molecule has 1 aromatic heterocycles. The topological polar surface area (TPSA) is 116 Å². The van der Waals surface area contributed by atoms with Crippen molar-refractivity contribution in [3.63, 3.8) is 0 Å². The predicted molar refractivity (Wildman–Crippen MR) is 59.3 cm³/mol. The van der Waals surface area contributed by atoms with Gasteiger partial charge in [0.25, 0.3) is 5.88 Å². The van der Waals surface area contributed by atoms with Crippen LogP contribution in [-0.2, 0) is 0 Å². The third-order valence-corrected chi connectivity index (χ3v) is 2.57. The van der Waals surface area contributed by atoms with E-state index >= 15 is 0 Å². The number of hydrogen-bond acceptors (Lipinski definition) is 7. The number of nitrogens with two attached hydrogens (primary N) is 1. The summed E-state index contributed by atoms with van der Waals surface area (Å²) in [5.41, 5.74) is 1.83. The van der Waals surface area contributed by atoms with Gasteiger partial charge in [0.05, 0.1) is 11.5 Å². The molecular formula is C9H13N5O3. The van der Waals surface area contributed by atoms with E-state index in [2.05, 4.69) is 15.4 Å². The Morgan fingerprint density at radius 2 is 2.35 bits per heavy atom. The maximum absolute atomic E-state index is 10.9. The second-order valence-corrected chi connectivity index (χ2v) is 3.86. The van der Waals surface area contributed by atoms with Crippen molar-refractivity contribution in [3.8, 4) is 5.88 Å². The lowest BCUT2D eigenvalue weighted by molar-refractivity contribution is -0.385. The van der Waals surface area contributed by atoms with Crippen LogP contribution >= 0.6 is 0 Å². The average molecular weight is 239 g/mol. The maximum Gasteiger partial charge on any atom is 0.374 e. The van der Waals surface area contributed by atoms with Crippen LogP contribution in [0.5, 0.6) is 5.88 Å². The zero-order valence-corrected chi connectivity index (χ0v) is 9.13. The fourth-order valence-corrected chi connectivity index (χ4v) is 1.47. The molecule has 3 N–H and O–H groups in total. The van der Waals surface area contributed by atoms with E-state index in [1.54, 1.807) is 0 Å². The van der Waals surface area contributed by atoms with Gasteiger partial charge in [0.1, 0.15) is 6.33 Å². The Morgan fingerprint density at radius 3 is 2.94 bits per heavy atom. The number of rotatable bonds is 6. The monoisotopic (exact) mass is 239 g/mol. The molecule has 0 spiro atoms. The van der Waals surface area contributed by atoms with E-state index in [0.717, 1.165) is 6.42 Å². The lowest BCUT2D eigenvalue weighted by atomic mass is 10.3. The minimum absolute atomic E-state index is 0.0430. The van der Waals surface area contributed by atoms with E-state index < -0.39 is 4.92 Å². The largest absolute Gasteiger partial charge is 0.473 e. The molecule has 92 valence electrons. The fourth-order valence-electron chi connectivity index (χ4n) is 1.47. The molecule has 8 nitrogen and oxygen atoms in total. The van der Waals surface area contributed by atoms with Crippen molar-refractivity contribution in [2.45, 2.75) is 19.3 Å². The van der Waals surface area contributed by atoms with Crippen molar-refractivity contribution in [3.05, 3.63) is 16.4 Å². The molecule has 2 rings (SSSR count). The van der Waals surface area contributed by atoms with E-state index in [9.17, 15) is 10.1 Å². The van der Waals surface area contributed by atoms with Gasteiger partial charge >= 0.3 is 5.69 Å². The molecule has 17 heavy (non-hydrogen) atoms. The van der Waals surface area contributed by atoms with Crippen molar-refractivity contribution < 1.29 is 9.66 Å². The van der Waals surface area contributed by atoms with Crippen LogP contribution in [0.1, 0.15) is 19.3 Å². The number of nitro groups is 1. The molecule has 0 atom stereocenters. The number of aromatic nitrogens is 2. The number of nitrogen functional groups attached to an aromatic ring is 1. The van der Waals surface area contributed by atoms with Gasteiger partial charge in [0.2, 0.25) is 5.82 Å². The first-order valence-corrected chi connectivity index (χ1v) is 5.31. The van der Waals surface area contributed by atoms with Gasteiger partial charge in [0, 0.05) is 0 Å². The molecule has 8 heteroatoms. The van der Waals surface area contributed by atoms with Crippen LogP contribution in [0.25, 0.3) is 0 Å². The molecule has 1 saturated carbocycles. The highest BCUT2D eigenvalue weighted by Gasteiger charge is 2.25. The zero-order chi connectivity index (χ0) is 12.3. The van der Waals surface area contributed by atoms with E-state index in [0.29, 0.717) is 12.5 Å². The summed E-state index contributed by atoms with van der Waals surface area (Å²) in [6.07, 6.45) is 4.50. The van der Waals surface area contributed by atoms with Gasteiger partial charge in [-0.1, -0.05) is 12.8 Å². The summed E-state index contributed by atoms with van der Waals surface area (Å²) in [6.45, 7) is 0.423. The third kappa shape index (κ3) is 2.78. The molecule has 0 amide bonds. The summed E-state index contributed by atoms with van der Waals surface area (Å²) in [4.78, 5) is 17.7. The van der Waals surface area contributed by atoms with E-state index in [1.807, 2.05) is 0 Å². The van der Waals surface area contributed by atoms with Gasteiger partial charge < -0.3 is 10.2 Å². The Hall–Kier alpha value is -1.96. The van der Waals surface area contributed by atoms with Crippen molar-refractivity contribution in [2.75, 3.05) is 12.0 Å². The van der Waals surface area contributed by atoms with Crippen LogP contribution in [-0.4, -0.2) is 21.5 Å². The van der Waals surface area contributed by atoms with Crippen LogP contribution in [0.3, 0.4) is 0 Å². The van der Waals surface area contributed by atoms with E-state index in [1.165, 1.54) is 19.2 Å². The summed E-state index contributed by atoms with van der Waals surface area (Å²) < 4.78 is 5.30. The lowest BCUT2D eigenvalue weighted by Crippen LogP contribution is -2.13. The first-order valence-electron chi connectivity index (χ1n) is 5.31. The Kier molecular flexibility index (Phi) is 3.33. The first kappa shape index (κ1) is 11.5. The van der Waals surface area contributed by atoms with Crippen LogP contribution in [0, 0.1) is 16.0 Å². The maximum atomic E-state index is 10.9. The van der Waals surface area contributed by atoms with Gasteiger partial charge in [-0.05, 0) is 12.3 Å². The Labute approximate surface area is 97.3 Å². The Balaban J connectivity index is 2.09. The van der Waals surface area contributed by atoms with Gasteiger partial charge in [-0.2, -0.15) is 4.98 Å². The Bertz CT molecular complexity index is 421. The molecule has 1 heterocycles. The molecule has 1 aliphatic rings. The summed E-state index contributed by atoms with van der Waals surface area (Å²) in [6, 6.07) is 0. The molecule has 1 aromatic rings. The highest BCUT2D eigenvalue weighted by atomic mass is 16.6. The molecular weight excluding hydrogens is 226 g/mol. The molecule has 0 bridgehead atoms. The van der Waals surface area contributed by atoms with Crippen molar-refractivity contribution >= 4 is 11.5 Å². The van der Waals surface area contributed by atoms with E-state index in [-0.39, 0.29) is 17.4 Å². The quantitative estimate of drug-likeness (QED) is 0.429. The van der Waals surface area contributed by atoms with Crippen molar-refractivity contribution in [2.24, 2.45) is 11.8 Å². The number of ether oxygens (including phenoxy) is 1. The Morgan fingerprint density at radius 1 is 1.59 bits per heavy atom. The summed E-state index contributed by atoms with van der Waals surface area (Å²) in [7, 11) is 0. The normalized spacial score (nSPS) is 14.4. The van der Waals surface area contributed by atoms with Crippen LogP contribution in [0.4, 0.5) is 11.5 Å². The minimum Gasteiger partial charge on any atom is -0.473 e. The van der Waals surface area contributed by atoms with Gasteiger partial charge in [-0.15, -0.1) is 0 Å². The predicted octanol–water partition coefficient (Wildman–Crippen LogP) is 0.849. The minimum atomic E-state index is -0.609. The summed E-state index contributed by atoms with van der Waals surface area (Å²) >= 11 is 0. The smallest absolute Gasteiger partial charge is 0.374 e. The van der Waals surface area contributed by atoms with Crippen molar-refractivity contribution in [1.29, 1.82) is 0 Å². The molecule has 0 unspecified atom stereocenters. The van der Waals surface area contributed by atoms with Crippen LogP contribution in [0.2, 0.25) is 0 Å². The highest BCUT2D eigenvalue weighted by molar-refractivity contribution is 5.60. The van der Waals surface area contributed by atoms with E-state index in [4.69, 9.17) is 10.6 Å². The van der Waals surface area contributed by atoms with Gasteiger partial charge in [-0.25, -0.2) is 10.8 Å². The molecule has 1 fully saturated rings. The van der Waals surface area contributed by atoms with Crippen LogP contribution in [0.15, 0.2) is 6.33 Å². The molecule has 0 aliphatic heterocycles. The fraction of sp³-hybridized carbons (Fsp3) is 0.556. The first-order chi connectivity index (χ1) is 8.22. The average Bonchev–Trinajstić information content (AvgIpc) is 3.12. The number of anilines is 1. The standard InChI is InChI=1S/C9H13N5O3/c10-13-8-7(14(15)16)9(12-5-11-8)17-4-3-6-1-2-6/h5-6H,1-4,10H2,(H,11,12,13). The second kappa shape index (κ2) is 4.91.